The number of fused-ring (bicyclic) bond motifs is 2. The maximum absolute atomic E-state index is 13.5. The first-order chi connectivity index (χ1) is 16.4. The molecule has 3 aromatic rings. The highest BCUT2D eigenvalue weighted by atomic mass is 16.5. The van der Waals surface area contributed by atoms with Crippen molar-refractivity contribution in [1.82, 2.24) is 14.8 Å². The zero-order valence-electron chi connectivity index (χ0n) is 19.6. The van der Waals surface area contributed by atoms with E-state index >= 15 is 0 Å². The molecule has 174 valence electrons. The summed E-state index contributed by atoms with van der Waals surface area (Å²) >= 11 is 0. The lowest BCUT2D eigenvalue weighted by Gasteiger charge is -2.33. The zero-order chi connectivity index (χ0) is 24.0. The van der Waals surface area contributed by atoms with Crippen LogP contribution >= 0.6 is 0 Å². The van der Waals surface area contributed by atoms with Crippen LogP contribution < -0.4 is 10.1 Å². The van der Waals surface area contributed by atoms with Crippen LogP contribution in [0.5, 0.6) is 5.75 Å². The number of aryl methyl sites for hydroxylation is 2. The number of methoxy groups -OCH3 is 1. The van der Waals surface area contributed by atoms with Gasteiger partial charge in [0, 0.05) is 22.6 Å². The second kappa shape index (κ2) is 8.17. The van der Waals surface area contributed by atoms with Crippen molar-refractivity contribution >= 4 is 17.7 Å². The zero-order valence-corrected chi connectivity index (χ0v) is 19.6. The van der Waals surface area contributed by atoms with E-state index in [1.807, 2.05) is 73.0 Å². The minimum Gasteiger partial charge on any atom is -0.497 e. The molecule has 1 aromatic heterocycles. The van der Waals surface area contributed by atoms with Gasteiger partial charge in [-0.3, -0.25) is 14.5 Å². The molecule has 0 radical (unpaired) electrons. The lowest BCUT2D eigenvalue weighted by atomic mass is 9.76. The molecule has 2 aromatic carbocycles. The molecule has 3 amide bonds. The number of Topliss-reactive ketones (excluding diaryl/α,β-unsaturated/α-hetero) is 1. The van der Waals surface area contributed by atoms with Crippen molar-refractivity contribution in [3.8, 4) is 11.4 Å². The van der Waals surface area contributed by atoms with E-state index in [1.54, 1.807) is 7.11 Å². The maximum atomic E-state index is 13.5. The third-order valence-electron chi connectivity index (χ3n) is 7.01. The monoisotopic (exact) mass is 457 g/mol. The SMILES string of the molecule is COc1ccc(-n2c(C)cc(C(=O)CN3C(=O)N[C@]4(CCCc5ccccc54)C3=O)c2C)cc1. The number of urea groups is 1. The van der Waals surface area contributed by atoms with Gasteiger partial charge in [0.05, 0.1) is 13.7 Å². The number of benzene rings is 2. The first-order valence-corrected chi connectivity index (χ1v) is 11.4. The number of rotatable bonds is 5. The van der Waals surface area contributed by atoms with Crippen molar-refractivity contribution in [2.75, 3.05) is 13.7 Å². The average Bonchev–Trinajstić information content (AvgIpc) is 3.27. The molecular weight excluding hydrogens is 430 g/mol. The largest absolute Gasteiger partial charge is 0.497 e. The van der Waals surface area contributed by atoms with E-state index < -0.39 is 11.6 Å². The van der Waals surface area contributed by atoms with Crippen LogP contribution in [0.2, 0.25) is 0 Å². The molecule has 0 unspecified atom stereocenters. The summed E-state index contributed by atoms with van der Waals surface area (Å²) in [4.78, 5) is 40.8. The van der Waals surface area contributed by atoms with Crippen LogP contribution in [0.1, 0.15) is 45.7 Å². The highest BCUT2D eigenvalue weighted by Crippen LogP contribution is 2.40. The summed E-state index contributed by atoms with van der Waals surface area (Å²) in [5, 5.41) is 2.92. The van der Waals surface area contributed by atoms with Crippen LogP contribution in [0.3, 0.4) is 0 Å². The molecule has 1 fully saturated rings. The van der Waals surface area contributed by atoms with Crippen LogP contribution in [-0.4, -0.2) is 40.8 Å². The minimum atomic E-state index is -1.08. The molecule has 1 N–H and O–H groups in total. The van der Waals surface area contributed by atoms with Crippen molar-refractivity contribution in [2.45, 2.75) is 38.6 Å². The summed E-state index contributed by atoms with van der Waals surface area (Å²) in [6.45, 7) is 3.51. The number of ether oxygens (including phenoxy) is 1. The topological polar surface area (TPSA) is 80.6 Å². The fraction of sp³-hybridized carbons (Fsp3) is 0.296. The van der Waals surface area contributed by atoms with Gasteiger partial charge in [-0.05, 0) is 74.6 Å². The highest BCUT2D eigenvalue weighted by Gasteiger charge is 2.54. The number of hydrogen-bond donors (Lipinski definition) is 1. The van der Waals surface area contributed by atoms with E-state index in [-0.39, 0.29) is 18.2 Å². The van der Waals surface area contributed by atoms with Gasteiger partial charge in [-0.15, -0.1) is 0 Å². The number of nitrogens with zero attached hydrogens (tertiary/aromatic N) is 2. The van der Waals surface area contributed by atoms with E-state index in [0.717, 1.165) is 51.7 Å². The lowest BCUT2D eigenvalue weighted by Crippen LogP contribution is -2.46. The van der Waals surface area contributed by atoms with Crippen molar-refractivity contribution < 1.29 is 19.1 Å². The van der Waals surface area contributed by atoms with Crippen molar-refractivity contribution in [2.24, 2.45) is 0 Å². The van der Waals surface area contributed by atoms with Gasteiger partial charge in [0.15, 0.2) is 5.78 Å². The molecule has 1 saturated heterocycles. The first kappa shape index (κ1) is 21.9. The Hall–Kier alpha value is -3.87. The second-order valence-corrected chi connectivity index (χ2v) is 8.98. The Morgan fingerprint density at radius 2 is 1.82 bits per heavy atom. The second-order valence-electron chi connectivity index (χ2n) is 8.98. The van der Waals surface area contributed by atoms with Gasteiger partial charge >= 0.3 is 6.03 Å². The summed E-state index contributed by atoms with van der Waals surface area (Å²) in [6, 6.07) is 16.6. The van der Waals surface area contributed by atoms with Crippen LogP contribution in [0.25, 0.3) is 5.69 Å². The number of nitrogens with one attached hydrogen (secondary N) is 1. The van der Waals surface area contributed by atoms with Crippen LogP contribution in [0.15, 0.2) is 54.6 Å². The summed E-state index contributed by atoms with van der Waals surface area (Å²) in [5.41, 5.74) is 3.89. The van der Waals surface area contributed by atoms with Gasteiger partial charge in [-0.25, -0.2) is 4.79 Å². The van der Waals surface area contributed by atoms with Gasteiger partial charge in [-0.1, -0.05) is 24.3 Å². The standard InChI is InChI=1S/C27H27N3O4/c1-17-15-22(18(2)30(17)20-10-12-21(34-3)13-11-20)24(31)16-29-25(32)27(28-26(29)33)14-6-8-19-7-4-5-9-23(19)27/h4-5,7,9-13,15H,6,8,14,16H2,1-3H3,(H,28,33)/t27-/m0/s1. The van der Waals surface area contributed by atoms with Crippen molar-refractivity contribution in [1.29, 1.82) is 0 Å². The molecule has 7 heteroatoms. The van der Waals surface area contributed by atoms with Gasteiger partial charge in [0.1, 0.15) is 11.3 Å². The summed E-state index contributed by atoms with van der Waals surface area (Å²) in [6.07, 6.45) is 2.20. The predicted molar refractivity (Wildman–Crippen MR) is 127 cm³/mol. The molecule has 0 bridgehead atoms. The van der Waals surface area contributed by atoms with Crippen LogP contribution in [0.4, 0.5) is 4.79 Å². The first-order valence-electron chi connectivity index (χ1n) is 11.4. The fourth-order valence-corrected chi connectivity index (χ4v) is 5.36. The normalized spacial score (nSPS) is 19.3. The van der Waals surface area contributed by atoms with Crippen LogP contribution in [-0.2, 0) is 16.8 Å². The Kier molecular flexibility index (Phi) is 5.27. The third-order valence-corrected chi connectivity index (χ3v) is 7.01. The molecule has 34 heavy (non-hydrogen) atoms. The molecule has 1 atom stereocenters. The van der Waals surface area contributed by atoms with Gasteiger partial charge in [0.25, 0.3) is 5.91 Å². The number of hydrogen-bond acceptors (Lipinski definition) is 4. The van der Waals surface area contributed by atoms with E-state index in [1.165, 1.54) is 0 Å². The van der Waals surface area contributed by atoms with E-state index in [4.69, 9.17) is 4.74 Å². The smallest absolute Gasteiger partial charge is 0.325 e. The number of aromatic nitrogens is 1. The Bertz CT molecular complexity index is 1310. The Labute approximate surface area is 198 Å². The molecule has 1 spiro atoms. The predicted octanol–water partition coefficient (Wildman–Crippen LogP) is 4.07. The number of carbonyl (C=O) groups is 3. The van der Waals surface area contributed by atoms with Gasteiger partial charge in [0.2, 0.25) is 0 Å². The van der Waals surface area contributed by atoms with E-state index in [9.17, 15) is 14.4 Å². The molecular formula is C27H27N3O4. The van der Waals surface area contributed by atoms with Gasteiger partial charge in [-0.2, -0.15) is 0 Å². The minimum absolute atomic E-state index is 0.266. The Morgan fingerprint density at radius 3 is 2.56 bits per heavy atom. The molecule has 1 aliphatic heterocycles. The molecule has 7 nitrogen and oxygen atoms in total. The summed E-state index contributed by atoms with van der Waals surface area (Å²) in [5.74, 6) is 0.138. The number of carbonyl (C=O) groups excluding carboxylic acids is 3. The van der Waals surface area contributed by atoms with E-state index in [2.05, 4.69) is 5.32 Å². The number of ketones is 1. The van der Waals surface area contributed by atoms with Gasteiger partial charge < -0.3 is 14.6 Å². The Balaban J connectivity index is 1.42. The molecule has 5 rings (SSSR count). The average molecular weight is 458 g/mol. The van der Waals surface area contributed by atoms with Crippen molar-refractivity contribution in [3.63, 3.8) is 0 Å². The third kappa shape index (κ3) is 3.31. The van der Waals surface area contributed by atoms with Crippen LogP contribution in [0, 0.1) is 13.8 Å². The van der Waals surface area contributed by atoms with Crippen molar-refractivity contribution in [3.05, 3.63) is 82.7 Å². The number of imide groups is 1. The molecule has 0 saturated carbocycles. The lowest BCUT2D eigenvalue weighted by molar-refractivity contribution is -0.131. The Morgan fingerprint density at radius 1 is 1.09 bits per heavy atom. The number of amides is 3. The molecule has 2 heterocycles. The fourth-order valence-electron chi connectivity index (χ4n) is 5.36. The molecule has 1 aliphatic carbocycles. The molecule has 2 aliphatic rings. The quantitative estimate of drug-likeness (QED) is 0.463. The maximum Gasteiger partial charge on any atom is 0.325 e. The highest BCUT2D eigenvalue weighted by molar-refractivity contribution is 6.12. The summed E-state index contributed by atoms with van der Waals surface area (Å²) < 4.78 is 7.22. The van der Waals surface area contributed by atoms with E-state index in [0.29, 0.717) is 12.0 Å². The summed E-state index contributed by atoms with van der Waals surface area (Å²) in [7, 11) is 1.61.